The number of nitrogens with one attached hydrogen (secondary N) is 1. The third kappa shape index (κ3) is 6.09. The summed E-state index contributed by atoms with van der Waals surface area (Å²) < 4.78 is 11.2. The van der Waals surface area contributed by atoms with Crippen molar-refractivity contribution in [3.05, 3.63) is 57.5 Å². The summed E-state index contributed by atoms with van der Waals surface area (Å²) in [7, 11) is 1.50. The van der Waals surface area contributed by atoms with E-state index in [0.29, 0.717) is 27.8 Å². The fourth-order valence-electron chi connectivity index (χ4n) is 3.08. The molecule has 2 aromatic rings. The predicted octanol–water partition coefficient (Wildman–Crippen LogP) is 5.51. The van der Waals surface area contributed by atoms with Crippen molar-refractivity contribution in [3.63, 3.8) is 0 Å². The molecule has 1 fully saturated rings. The van der Waals surface area contributed by atoms with Crippen LogP contribution in [-0.2, 0) is 9.59 Å². The molecule has 174 valence electrons. The molecule has 0 saturated carbocycles. The van der Waals surface area contributed by atoms with Gasteiger partial charge in [-0.05, 0) is 73.5 Å². The van der Waals surface area contributed by atoms with Crippen LogP contribution < -0.4 is 14.8 Å². The number of methoxy groups -OCH3 is 1. The number of anilines is 1. The lowest BCUT2D eigenvalue weighted by Gasteiger charge is -2.17. The number of halogens is 1. The van der Waals surface area contributed by atoms with E-state index in [2.05, 4.69) is 5.32 Å². The van der Waals surface area contributed by atoms with Gasteiger partial charge >= 0.3 is 0 Å². The van der Waals surface area contributed by atoms with E-state index in [1.165, 1.54) is 7.11 Å². The van der Waals surface area contributed by atoms with Crippen LogP contribution >= 0.6 is 23.4 Å². The summed E-state index contributed by atoms with van der Waals surface area (Å²) in [5, 5.41) is 2.52. The number of rotatable bonds is 8. The van der Waals surface area contributed by atoms with Gasteiger partial charge in [0.2, 0.25) is 5.91 Å². The highest BCUT2D eigenvalue weighted by molar-refractivity contribution is 8.18. The quantitative estimate of drug-likeness (QED) is 0.493. The van der Waals surface area contributed by atoms with E-state index < -0.39 is 17.1 Å². The highest BCUT2D eigenvalue weighted by Crippen LogP contribution is 2.39. The molecule has 0 aliphatic carbocycles. The van der Waals surface area contributed by atoms with Gasteiger partial charge in [0.25, 0.3) is 11.1 Å². The van der Waals surface area contributed by atoms with Crippen LogP contribution in [0.4, 0.5) is 10.5 Å². The first kappa shape index (κ1) is 24.7. The minimum atomic E-state index is -0.542. The molecule has 7 nitrogen and oxygen atoms in total. The van der Waals surface area contributed by atoms with Crippen LogP contribution in [0.15, 0.2) is 41.3 Å². The molecule has 0 unspecified atom stereocenters. The van der Waals surface area contributed by atoms with Crippen LogP contribution in [0.5, 0.6) is 11.5 Å². The predicted molar refractivity (Wildman–Crippen MR) is 131 cm³/mol. The molecule has 1 N–H and O–H groups in total. The van der Waals surface area contributed by atoms with E-state index in [1.54, 1.807) is 30.3 Å². The Morgan fingerprint density at radius 3 is 2.70 bits per heavy atom. The first-order valence-electron chi connectivity index (χ1n) is 10.4. The van der Waals surface area contributed by atoms with Crippen LogP contribution in [0.25, 0.3) is 6.08 Å². The summed E-state index contributed by atoms with van der Waals surface area (Å²) in [4.78, 5) is 38.7. The Balaban J connectivity index is 1.76. The minimum Gasteiger partial charge on any atom is -0.493 e. The van der Waals surface area contributed by atoms with E-state index in [1.807, 2.05) is 32.9 Å². The average molecular weight is 489 g/mol. The molecule has 3 rings (SSSR count). The standard InChI is InChI=1S/C24H25ClN2O5S/c1-5-15(3)32-22-18(25)10-16(11-19(22)31-4)12-20-23(29)27(24(30)33-20)13-21(28)26-17-8-6-7-14(2)9-17/h6-12,15H,5,13H2,1-4H3,(H,26,28)/b20-12-/t15-/m1/s1. The van der Waals surface area contributed by atoms with Gasteiger partial charge in [-0.15, -0.1) is 0 Å². The smallest absolute Gasteiger partial charge is 0.294 e. The number of benzene rings is 2. The number of carbonyl (C=O) groups is 3. The second-order valence-electron chi connectivity index (χ2n) is 7.56. The molecule has 3 amide bonds. The zero-order valence-corrected chi connectivity index (χ0v) is 20.4. The summed E-state index contributed by atoms with van der Waals surface area (Å²) in [5.74, 6) is -0.155. The van der Waals surface area contributed by atoms with Crippen molar-refractivity contribution in [1.82, 2.24) is 4.90 Å². The van der Waals surface area contributed by atoms with Gasteiger partial charge in [0.15, 0.2) is 11.5 Å². The largest absolute Gasteiger partial charge is 0.493 e. The summed E-state index contributed by atoms with van der Waals surface area (Å²) in [6.07, 6.45) is 2.29. The van der Waals surface area contributed by atoms with Gasteiger partial charge in [0.05, 0.1) is 23.1 Å². The number of amides is 3. The molecule has 0 bridgehead atoms. The Labute approximate surface area is 202 Å². The maximum atomic E-state index is 12.8. The van der Waals surface area contributed by atoms with Crippen molar-refractivity contribution >= 4 is 52.2 Å². The second-order valence-corrected chi connectivity index (χ2v) is 8.96. The van der Waals surface area contributed by atoms with Gasteiger partial charge in [-0.2, -0.15) is 0 Å². The Bertz CT molecular complexity index is 1120. The Morgan fingerprint density at radius 2 is 2.03 bits per heavy atom. The third-order valence-electron chi connectivity index (χ3n) is 4.92. The van der Waals surface area contributed by atoms with Gasteiger partial charge in [-0.25, -0.2) is 0 Å². The highest BCUT2D eigenvalue weighted by Gasteiger charge is 2.36. The summed E-state index contributed by atoms with van der Waals surface area (Å²) >= 11 is 7.16. The van der Waals surface area contributed by atoms with E-state index >= 15 is 0 Å². The van der Waals surface area contributed by atoms with Gasteiger partial charge in [0.1, 0.15) is 6.54 Å². The lowest BCUT2D eigenvalue weighted by molar-refractivity contribution is -0.127. The second kappa shape index (κ2) is 10.8. The summed E-state index contributed by atoms with van der Waals surface area (Å²) in [6, 6.07) is 10.6. The molecule has 1 saturated heterocycles. The number of hydrogen-bond acceptors (Lipinski definition) is 6. The lowest BCUT2D eigenvalue weighted by Crippen LogP contribution is -2.36. The Hall–Kier alpha value is -2.97. The zero-order valence-electron chi connectivity index (χ0n) is 18.8. The maximum absolute atomic E-state index is 12.8. The van der Waals surface area contributed by atoms with Crippen molar-refractivity contribution in [2.45, 2.75) is 33.3 Å². The molecule has 0 spiro atoms. The molecule has 1 aliphatic rings. The Kier molecular flexibility index (Phi) is 8.05. The molecule has 0 aromatic heterocycles. The lowest BCUT2D eigenvalue weighted by atomic mass is 10.1. The van der Waals surface area contributed by atoms with Crippen LogP contribution in [-0.4, -0.2) is 41.7 Å². The van der Waals surface area contributed by atoms with Gasteiger partial charge in [-0.3, -0.25) is 19.3 Å². The molecule has 9 heteroatoms. The molecule has 1 heterocycles. The van der Waals surface area contributed by atoms with Crippen molar-refractivity contribution in [1.29, 1.82) is 0 Å². The van der Waals surface area contributed by atoms with Gasteiger partial charge < -0.3 is 14.8 Å². The number of hydrogen-bond donors (Lipinski definition) is 1. The summed E-state index contributed by atoms with van der Waals surface area (Å²) in [5.41, 5.74) is 2.16. The average Bonchev–Trinajstić information content (AvgIpc) is 3.02. The van der Waals surface area contributed by atoms with Gasteiger partial charge in [0, 0.05) is 5.69 Å². The van der Waals surface area contributed by atoms with E-state index in [0.717, 1.165) is 28.6 Å². The fourth-order valence-corrected chi connectivity index (χ4v) is 4.18. The summed E-state index contributed by atoms with van der Waals surface area (Å²) in [6.45, 7) is 5.45. The highest BCUT2D eigenvalue weighted by atomic mass is 35.5. The Morgan fingerprint density at radius 1 is 1.27 bits per heavy atom. The normalized spacial score (nSPS) is 15.7. The zero-order chi connectivity index (χ0) is 24.1. The van der Waals surface area contributed by atoms with Crippen molar-refractivity contribution < 1.29 is 23.9 Å². The van der Waals surface area contributed by atoms with E-state index in [9.17, 15) is 14.4 Å². The molecule has 33 heavy (non-hydrogen) atoms. The van der Waals surface area contributed by atoms with Crippen LogP contribution in [0.3, 0.4) is 0 Å². The number of carbonyl (C=O) groups excluding carboxylic acids is 3. The number of nitrogens with zero attached hydrogens (tertiary/aromatic N) is 1. The molecule has 0 radical (unpaired) electrons. The third-order valence-corrected chi connectivity index (χ3v) is 6.11. The first-order chi connectivity index (χ1) is 15.7. The fraction of sp³-hybridized carbons (Fsp3) is 0.292. The monoisotopic (exact) mass is 488 g/mol. The number of thioether (sulfide) groups is 1. The molecule has 1 aliphatic heterocycles. The molecular weight excluding hydrogens is 464 g/mol. The number of aryl methyl sites for hydroxylation is 1. The SMILES string of the molecule is CC[C@@H](C)Oc1c(Cl)cc(/C=C2\SC(=O)N(CC(=O)Nc3cccc(C)c3)C2=O)cc1OC. The molecule has 1 atom stereocenters. The number of imide groups is 1. The van der Waals surface area contributed by atoms with Crippen LogP contribution in [0.1, 0.15) is 31.4 Å². The minimum absolute atomic E-state index is 0.0512. The van der Waals surface area contributed by atoms with Crippen molar-refractivity contribution in [2.75, 3.05) is 19.0 Å². The topological polar surface area (TPSA) is 84.9 Å². The maximum Gasteiger partial charge on any atom is 0.294 e. The van der Waals surface area contributed by atoms with Crippen LogP contribution in [0.2, 0.25) is 5.02 Å². The van der Waals surface area contributed by atoms with E-state index in [4.69, 9.17) is 21.1 Å². The molecule has 2 aromatic carbocycles. The number of ether oxygens (including phenoxy) is 2. The van der Waals surface area contributed by atoms with Crippen molar-refractivity contribution in [2.24, 2.45) is 0 Å². The van der Waals surface area contributed by atoms with Crippen molar-refractivity contribution in [3.8, 4) is 11.5 Å². The first-order valence-corrected chi connectivity index (χ1v) is 11.6. The van der Waals surface area contributed by atoms with Gasteiger partial charge in [-0.1, -0.05) is 30.7 Å². The van der Waals surface area contributed by atoms with Crippen LogP contribution in [0, 0.1) is 6.92 Å². The molecular formula is C24H25ClN2O5S. The van der Waals surface area contributed by atoms with E-state index in [-0.39, 0.29) is 17.6 Å².